The third kappa shape index (κ3) is 2.79. The fourth-order valence-electron chi connectivity index (χ4n) is 1.33. The van der Waals surface area contributed by atoms with Gasteiger partial charge in [0.05, 0.1) is 19.3 Å². The molecule has 2 aromatic rings. The van der Waals surface area contributed by atoms with Crippen molar-refractivity contribution in [1.29, 1.82) is 0 Å². The Morgan fingerprint density at radius 3 is 3.12 bits per heavy atom. The van der Waals surface area contributed by atoms with Gasteiger partial charge in [0, 0.05) is 24.0 Å². The normalized spacial score (nSPS) is 9.94. The number of rotatable bonds is 4. The summed E-state index contributed by atoms with van der Waals surface area (Å²) in [7, 11) is 1.35. The predicted octanol–water partition coefficient (Wildman–Crippen LogP) is 1.94. The van der Waals surface area contributed by atoms with Gasteiger partial charge in [0.1, 0.15) is 10.6 Å². The van der Waals surface area contributed by atoms with Gasteiger partial charge in [-0.05, 0) is 6.07 Å². The smallest absolute Gasteiger partial charge is 0.341 e. The minimum atomic E-state index is -0.403. The highest BCUT2D eigenvalue weighted by Crippen LogP contribution is 2.16. The lowest BCUT2D eigenvalue weighted by Gasteiger charge is -2.08. The summed E-state index contributed by atoms with van der Waals surface area (Å²) < 4.78 is 4.68. The zero-order valence-corrected chi connectivity index (χ0v) is 10.0. The number of pyridine rings is 1. The molecule has 17 heavy (non-hydrogen) atoms. The first-order valence-electron chi connectivity index (χ1n) is 4.96. The molecule has 5 nitrogen and oxygen atoms in total. The maximum Gasteiger partial charge on any atom is 0.341 e. The second-order valence-corrected chi connectivity index (χ2v) is 4.17. The molecule has 0 saturated heterocycles. The minimum Gasteiger partial charge on any atom is -0.465 e. The number of nitrogens with zero attached hydrogens (tertiary/aromatic N) is 2. The molecule has 2 heterocycles. The van der Waals surface area contributed by atoms with E-state index in [2.05, 4.69) is 20.0 Å². The molecule has 0 amide bonds. The van der Waals surface area contributed by atoms with Crippen LogP contribution in [0.3, 0.4) is 0 Å². The Labute approximate surface area is 102 Å². The Morgan fingerprint density at radius 2 is 2.41 bits per heavy atom. The van der Waals surface area contributed by atoms with Crippen molar-refractivity contribution in [3.8, 4) is 0 Å². The van der Waals surface area contributed by atoms with Crippen molar-refractivity contribution in [3.63, 3.8) is 0 Å². The van der Waals surface area contributed by atoms with E-state index in [-0.39, 0.29) is 0 Å². The molecule has 0 aliphatic carbocycles. The van der Waals surface area contributed by atoms with Crippen molar-refractivity contribution in [1.82, 2.24) is 9.97 Å². The van der Waals surface area contributed by atoms with Gasteiger partial charge in [-0.15, -0.1) is 11.3 Å². The van der Waals surface area contributed by atoms with E-state index in [9.17, 15) is 4.79 Å². The van der Waals surface area contributed by atoms with E-state index in [1.807, 2.05) is 5.38 Å². The van der Waals surface area contributed by atoms with Crippen LogP contribution in [0.2, 0.25) is 0 Å². The first kappa shape index (κ1) is 11.5. The fourth-order valence-corrected chi connectivity index (χ4v) is 1.89. The summed E-state index contributed by atoms with van der Waals surface area (Å²) in [6.45, 7) is 0.575. The van der Waals surface area contributed by atoms with Gasteiger partial charge in [0.15, 0.2) is 0 Å². The number of methoxy groups -OCH3 is 1. The molecule has 0 saturated carbocycles. The molecule has 2 aromatic heterocycles. The molecule has 0 aliphatic heterocycles. The van der Waals surface area contributed by atoms with Crippen LogP contribution >= 0.6 is 11.3 Å². The number of nitrogens with one attached hydrogen (secondary N) is 1. The third-order valence-corrected chi connectivity index (χ3v) is 2.92. The van der Waals surface area contributed by atoms with Crippen molar-refractivity contribution in [3.05, 3.63) is 40.6 Å². The first-order valence-corrected chi connectivity index (χ1v) is 5.84. The van der Waals surface area contributed by atoms with E-state index < -0.39 is 5.97 Å². The van der Waals surface area contributed by atoms with Gasteiger partial charge in [0.25, 0.3) is 0 Å². The zero-order chi connectivity index (χ0) is 12.1. The number of carbonyl (C=O) groups is 1. The van der Waals surface area contributed by atoms with Crippen molar-refractivity contribution in [2.24, 2.45) is 0 Å². The quantitative estimate of drug-likeness (QED) is 0.839. The monoisotopic (exact) mass is 249 g/mol. The van der Waals surface area contributed by atoms with Crippen molar-refractivity contribution in [2.75, 3.05) is 12.4 Å². The molecule has 0 aromatic carbocycles. The van der Waals surface area contributed by atoms with Crippen molar-refractivity contribution < 1.29 is 9.53 Å². The molecule has 1 N–H and O–H groups in total. The van der Waals surface area contributed by atoms with Crippen LogP contribution in [0.1, 0.15) is 15.4 Å². The van der Waals surface area contributed by atoms with Gasteiger partial charge < -0.3 is 10.1 Å². The van der Waals surface area contributed by atoms with E-state index in [1.54, 1.807) is 29.8 Å². The van der Waals surface area contributed by atoms with Crippen LogP contribution in [0.4, 0.5) is 5.69 Å². The summed E-state index contributed by atoms with van der Waals surface area (Å²) >= 11 is 1.56. The Bertz CT molecular complexity index is 499. The maximum atomic E-state index is 11.5. The SMILES string of the molecule is COC(=O)c1cnccc1NCc1nccs1. The molecule has 0 radical (unpaired) electrons. The molecule has 0 aliphatic rings. The first-order chi connectivity index (χ1) is 8.31. The van der Waals surface area contributed by atoms with Gasteiger partial charge in [-0.3, -0.25) is 4.98 Å². The van der Waals surface area contributed by atoms with Crippen LogP contribution in [-0.2, 0) is 11.3 Å². The van der Waals surface area contributed by atoms with Crippen LogP contribution in [0.5, 0.6) is 0 Å². The summed E-state index contributed by atoms with van der Waals surface area (Å²) in [5.74, 6) is -0.403. The molecule has 6 heteroatoms. The van der Waals surface area contributed by atoms with Gasteiger partial charge in [-0.1, -0.05) is 0 Å². The number of carbonyl (C=O) groups excluding carboxylic acids is 1. The van der Waals surface area contributed by atoms with Crippen LogP contribution < -0.4 is 5.32 Å². The highest BCUT2D eigenvalue weighted by Gasteiger charge is 2.11. The van der Waals surface area contributed by atoms with Crippen LogP contribution in [0.25, 0.3) is 0 Å². The van der Waals surface area contributed by atoms with E-state index >= 15 is 0 Å². The molecule has 88 valence electrons. The van der Waals surface area contributed by atoms with E-state index in [4.69, 9.17) is 0 Å². The Kier molecular flexibility index (Phi) is 3.66. The summed E-state index contributed by atoms with van der Waals surface area (Å²) in [6, 6.07) is 1.74. The third-order valence-electron chi connectivity index (χ3n) is 2.14. The average molecular weight is 249 g/mol. The van der Waals surface area contributed by atoms with E-state index in [1.165, 1.54) is 13.3 Å². The Morgan fingerprint density at radius 1 is 1.53 bits per heavy atom. The molecule has 0 fully saturated rings. The number of hydrogen-bond acceptors (Lipinski definition) is 6. The lowest BCUT2D eigenvalue weighted by Crippen LogP contribution is -2.08. The zero-order valence-electron chi connectivity index (χ0n) is 9.21. The van der Waals surface area contributed by atoms with Crippen molar-refractivity contribution in [2.45, 2.75) is 6.54 Å². The van der Waals surface area contributed by atoms with Gasteiger partial charge in [-0.25, -0.2) is 9.78 Å². The van der Waals surface area contributed by atoms with Crippen molar-refractivity contribution >= 4 is 23.0 Å². The number of anilines is 1. The van der Waals surface area contributed by atoms with E-state index in [0.29, 0.717) is 17.8 Å². The van der Waals surface area contributed by atoms with E-state index in [0.717, 1.165) is 5.01 Å². The topological polar surface area (TPSA) is 64.1 Å². The molecule has 0 unspecified atom stereocenters. The summed E-state index contributed by atoms with van der Waals surface area (Å²) in [5, 5.41) is 6.00. The van der Waals surface area contributed by atoms with Crippen LogP contribution in [0.15, 0.2) is 30.0 Å². The molecule has 2 rings (SSSR count). The van der Waals surface area contributed by atoms with Crippen LogP contribution in [-0.4, -0.2) is 23.0 Å². The second-order valence-electron chi connectivity index (χ2n) is 3.19. The Hall–Kier alpha value is -1.95. The maximum absolute atomic E-state index is 11.5. The summed E-state index contributed by atoms with van der Waals surface area (Å²) in [6.07, 6.45) is 4.85. The molecule has 0 atom stereocenters. The highest BCUT2D eigenvalue weighted by molar-refractivity contribution is 7.09. The fraction of sp³-hybridized carbons (Fsp3) is 0.182. The lowest BCUT2D eigenvalue weighted by molar-refractivity contribution is 0.0601. The minimum absolute atomic E-state index is 0.403. The van der Waals surface area contributed by atoms with Crippen LogP contribution in [0, 0.1) is 0 Å². The number of aromatic nitrogens is 2. The van der Waals surface area contributed by atoms with Gasteiger partial charge >= 0.3 is 5.97 Å². The summed E-state index contributed by atoms with van der Waals surface area (Å²) in [4.78, 5) is 19.5. The molecular weight excluding hydrogens is 238 g/mol. The number of ether oxygens (including phenoxy) is 1. The number of esters is 1. The average Bonchev–Trinajstić information content (AvgIpc) is 2.89. The predicted molar refractivity (Wildman–Crippen MR) is 65.0 cm³/mol. The Balaban J connectivity index is 2.12. The standard InChI is InChI=1S/C11H11N3O2S/c1-16-11(15)8-6-12-3-2-9(8)14-7-10-13-4-5-17-10/h2-6H,7H2,1H3,(H,12,14). The molecular formula is C11H11N3O2S. The second kappa shape index (κ2) is 5.40. The molecule has 0 bridgehead atoms. The van der Waals surface area contributed by atoms with Gasteiger partial charge in [-0.2, -0.15) is 0 Å². The number of thiazole rings is 1. The summed E-state index contributed by atoms with van der Waals surface area (Å²) in [5.41, 5.74) is 1.12. The molecule has 0 spiro atoms. The lowest BCUT2D eigenvalue weighted by atomic mass is 10.2. The van der Waals surface area contributed by atoms with Gasteiger partial charge in [0.2, 0.25) is 0 Å². The number of hydrogen-bond donors (Lipinski definition) is 1. The largest absolute Gasteiger partial charge is 0.465 e. The highest BCUT2D eigenvalue weighted by atomic mass is 32.1.